The summed E-state index contributed by atoms with van der Waals surface area (Å²) in [6.07, 6.45) is 51.2. The first kappa shape index (κ1) is 55.3. The minimum absolute atomic E-state index is 0. The van der Waals surface area contributed by atoms with Crippen molar-refractivity contribution in [3.05, 3.63) is 87.5 Å². The quantitative estimate of drug-likeness (QED) is 0.0362. The zero-order valence-electron chi connectivity index (χ0n) is 40.7. The molecule has 348 valence electrons. The minimum Gasteiger partial charge on any atom is -0.493 e. The van der Waals surface area contributed by atoms with Gasteiger partial charge in [0.1, 0.15) is 0 Å². The number of rotatable bonds is 40. The molecule has 2 nitrogen and oxygen atoms in total. The maximum absolute atomic E-state index is 12.1. The molecule has 0 fully saturated rings. The second-order valence-electron chi connectivity index (χ2n) is 19.0. The van der Waals surface area contributed by atoms with Crippen molar-refractivity contribution in [2.45, 2.75) is 272 Å². The molecule has 2 aromatic rings. The van der Waals surface area contributed by atoms with Crippen LogP contribution in [0.3, 0.4) is 0 Å². The average molecular weight is 928 g/mol. The van der Waals surface area contributed by atoms with Gasteiger partial charge in [0.2, 0.25) is 11.4 Å². The third-order valence-electron chi connectivity index (χ3n) is 13.5. The molecule has 0 saturated carbocycles. The summed E-state index contributed by atoms with van der Waals surface area (Å²) in [6.45, 7) is 9.14. The smallest absolute Gasteiger partial charge is 0.211 e. The molecule has 1 aliphatic rings. The van der Waals surface area contributed by atoms with Crippen molar-refractivity contribution >= 4 is 11.4 Å². The molecule has 0 saturated heterocycles. The molecule has 0 unspecified atom stereocenters. The Morgan fingerprint density at radius 2 is 0.525 bits per heavy atom. The summed E-state index contributed by atoms with van der Waals surface area (Å²) in [5.74, 6) is 0. The zero-order valence-corrected chi connectivity index (χ0v) is 42.3. The summed E-state index contributed by atoms with van der Waals surface area (Å²) >= 11 is 0. The van der Waals surface area contributed by atoms with Gasteiger partial charge >= 0.3 is 0 Å². The Labute approximate surface area is 393 Å². The van der Waals surface area contributed by atoms with Gasteiger partial charge in [0.15, 0.2) is 0 Å². The molecule has 1 heterocycles. The van der Waals surface area contributed by atoms with Crippen LogP contribution in [0.1, 0.15) is 281 Å². The molecule has 0 atom stereocenters. The van der Waals surface area contributed by atoms with Crippen molar-refractivity contribution in [2.24, 2.45) is 0 Å². The molecule has 0 N–H and O–H groups in total. The van der Waals surface area contributed by atoms with Gasteiger partial charge in [-0.1, -0.05) is 245 Å². The summed E-state index contributed by atoms with van der Waals surface area (Å²) in [5.41, 5.74) is 22.1. The number of nitrogens with zero attached hydrogens (tertiary/aromatic N) is 2. The van der Waals surface area contributed by atoms with E-state index in [0.717, 1.165) is 48.2 Å². The molecule has 2 aromatic carbocycles. The second kappa shape index (κ2) is 37.5. The van der Waals surface area contributed by atoms with Crippen molar-refractivity contribution in [3.8, 4) is 0 Å². The molecule has 0 spiro atoms. The Bertz CT molecular complexity index is 1420. The number of hydrogen-bond donors (Lipinski definition) is 0. The van der Waals surface area contributed by atoms with Crippen molar-refractivity contribution in [2.75, 3.05) is 0 Å². The molecule has 3 rings (SSSR count). The summed E-state index contributed by atoms with van der Waals surface area (Å²) < 4.78 is 1.59. The van der Waals surface area contributed by atoms with E-state index in [9.17, 15) is 5.53 Å². The number of allylic oxidation sites excluding steroid dienone is 2. The number of aryl methyl sites for hydroxylation is 2. The molecule has 61 heavy (non-hydrogen) atoms. The first-order valence-corrected chi connectivity index (χ1v) is 26.8. The molecular formula is C58H96N2Pd. The predicted octanol–water partition coefficient (Wildman–Crippen LogP) is 20.1. The fourth-order valence-electron chi connectivity index (χ4n) is 9.55. The fourth-order valence-corrected chi connectivity index (χ4v) is 9.55. The van der Waals surface area contributed by atoms with E-state index in [4.69, 9.17) is 0 Å². The van der Waals surface area contributed by atoms with Gasteiger partial charge in [-0.05, 0) is 86.8 Å². The third-order valence-corrected chi connectivity index (χ3v) is 13.5. The first-order chi connectivity index (χ1) is 29.6. The van der Waals surface area contributed by atoms with Gasteiger partial charge in [-0.15, -0.1) is 0 Å². The SMILES string of the molecule is CCCCCCCCCCCCCCCCCCCCCCCCCCCCC1=C(c2ccc(CCCC)cc2)[N+](=[N-])C(c2ccc(CCCC)cc2)=C1CCCCCC.[Pd]. The van der Waals surface area contributed by atoms with E-state index in [1.807, 2.05) is 0 Å². The van der Waals surface area contributed by atoms with Crippen molar-refractivity contribution in [1.82, 2.24) is 0 Å². The number of unbranched alkanes of at least 4 members (excludes halogenated alkanes) is 30. The van der Waals surface area contributed by atoms with E-state index >= 15 is 0 Å². The maximum Gasteiger partial charge on any atom is 0.211 e. The molecule has 1 aliphatic heterocycles. The predicted molar refractivity (Wildman–Crippen MR) is 267 cm³/mol. The average Bonchev–Trinajstić information content (AvgIpc) is 3.54. The standard InChI is InChI=1S/C58H96N2.Pd/c1-5-9-13-15-16-17-18-19-20-21-22-23-24-25-26-27-28-29-30-31-32-33-34-35-36-38-42-56-55(41-37-14-10-6-2)57(53-47-43-51(44-48-53)39-11-7-3)60(59)58(56)54-49-45-52(46-50-54)40-12-8-4;/h43-50H,5-42H2,1-4H3;. The van der Waals surface area contributed by atoms with Gasteiger partial charge in [0.25, 0.3) is 0 Å². The van der Waals surface area contributed by atoms with E-state index in [2.05, 4.69) is 76.2 Å². The summed E-state index contributed by atoms with van der Waals surface area (Å²) in [4.78, 5) is 0. The van der Waals surface area contributed by atoms with E-state index in [1.54, 1.807) is 4.70 Å². The van der Waals surface area contributed by atoms with E-state index < -0.39 is 0 Å². The van der Waals surface area contributed by atoms with Crippen LogP contribution in [0.15, 0.2) is 59.7 Å². The van der Waals surface area contributed by atoms with Crippen LogP contribution in [0.4, 0.5) is 0 Å². The van der Waals surface area contributed by atoms with Crippen molar-refractivity contribution < 1.29 is 25.1 Å². The Kier molecular flexibility index (Phi) is 34.0. The van der Waals surface area contributed by atoms with Crippen LogP contribution in [0, 0.1) is 0 Å². The van der Waals surface area contributed by atoms with Crippen LogP contribution in [0.2, 0.25) is 0 Å². The molecular weight excluding hydrogens is 831 g/mol. The largest absolute Gasteiger partial charge is 0.493 e. The number of hydrogen-bond acceptors (Lipinski definition) is 0. The van der Waals surface area contributed by atoms with Gasteiger partial charge in [0, 0.05) is 42.7 Å². The summed E-state index contributed by atoms with van der Waals surface area (Å²) in [7, 11) is 0. The fraction of sp³-hybridized carbons (Fsp3) is 0.724. The monoisotopic (exact) mass is 927 g/mol. The first-order valence-electron chi connectivity index (χ1n) is 26.8. The summed E-state index contributed by atoms with van der Waals surface area (Å²) in [6, 6.07) is 18.3. The third kappa shape index (κ3) is 23.6. The molecule has 0 aromatic heterocycles. The Morgan fingerprint density at radius 1 is 0.295 bits per heavy atom. The van der Waals surface area contributed by atoms with Gasteiger partial charge < -0.3 is 5.53 Å². The van der Waals surface area contributed by atoms with Crippen molar-refractivity contribution in [1.29, 1.82) is 0 Å². The molecule has 0 aliphatic carbocycles. The minimum atomic E-state index is 0. The van der Waals surface area contributed by atoms with E-state index in [1.165, 1.54) is 241 Å². The van der Waals surface area contributed by atoms with E-state index in [0.29, 0.717) is 0 Å². The summed E-state index contributed by atoms with van der Waals surface area (Å²) in [5, 5.41) is 0. The van der Waals surface area contributed by atoms with Crippen LogP contribution >= 0.6 is 0 Å². The van der Waals surface area contributed by atoms with Crippen LogP contribution < -0.4 is 0 Å². The maximum atomic E-state index is 12.1. The number of benzene rings is 2. The second-order valence-corrected chi connectivity index (χ2v) is 19.0. The molecule has 3 heteroatoms. The van der Waals surface area contributed by atoms with Crippen LogP contribution in [0.5, 0.6) is 0 Å². The Hall–Kier alpha value is -1.82. The molecule has 0 bridgehead atoms. The van der Waals surface area contributed by atoms with Gasteiger partial charge in [-0.25, -0.2) is 4.70 Å². The van der Waals surface area contributed by atoms with Gasteiger partial charge in [-0.3, -0.25) is 0 Å². The van der Waals surface area contributed by atoms with Gasteiger partial charge in [-0.2, -0.15) is 0 Å². The zero-order chi connectivity index (χ0) is 42.7. The van der Waals surface area contributed by atoms with Crippen molar-refractivity contribution in [3.63, 3.8) is 0 Å². The van der Waals surface area contributed by atoms with Crippen LogP contribution in [0.25, 0.3) is 16.9 Å². The van der Waals surface area contributed by atoms with Crippen LogP contribution in [-0.2, 0) is 33.3 Å². The molecule has 0 radical (unpaired) electrons. The van der Waals surface area contributed by atoms with Gasteiger partial charge in [0.05, 0.1) is 0 Å². The Morgan fingerprint density at radius 3 is 0.787 bits per heavy atom. The van der Waals surface area contributed by atoms with E-state index in [-0.39, 0.29) is 20.4 Å². The normalized spacial score (nSPS) is 12.9. The topological polar surface area (TPSA) is 25.3 Å². The molecule has 0 amide bonds. The Balaban J connectivity index is 0.0000128. The van der Waals surface area contributed by atoms with Crippen LogP contribution in [-0.4, -0.2) is 4.70 Å².